The highest BCUT2D eigenvalue weighted by molar-refractivity contribution is 7.80. The summed E-state index contributed by atoms with van der Waals surface area (Å²) in [5.74, 6) is 0.145. The van der Waals surface area contributed by atoms with Crippen LogP contribution in [0.1, 0.15) is 57.1 Å². The molecular weight excluding hydrogens is 442 g/mol. The zero-order valence-corrected chi connectivity index (χ0v) is 21.3. The fourth-order valence-electron chi connectivity index (χ4n) is 5.13. The second kappa shape index (κ2) is 11.1. The average molecular weight is 479 g/mol. The fourth-order valence-corrected chi connectivity index (χ4v) is 5.28. The number of nitrogens with zero attached hydrogens (tertiary/aromatic N) is 3. The Hall–Kier alpha value is -2.77. The summed E-state index contributed by atoms with van der Waals surface area (Å²) in [6.07, 6.45) is 8.23. The van der Waals surface area contributed by atoms with Crippen LogP contribution in [0.3, 0.4) is 0 Å². The van der Waals surface area contributed by atoms with Gasteiger partial charge in [-0.2, -0.15) is 0 Å². The van der Waals surface area contributed by atoms with E-state index in [0.29, 0.717) is 18.4 Å². The standard InChI is InChI=1S/C27H35N5OS/c1-4-19-12-11-13-20(5-2)24(19)28-27(34)30-29-25-22-16-9-10-17-23(22)32(26(25)33)18-31(3)21-14-7-6-8-15-21/h9-13,16-17,21,33H,4-8,14-15,18H2,1-3H3,(H,28,34)/p+1. The van der Waals surface area contributed by atoms with Gasteiger partial charge < -0.3 is 15.3 Å². The maximum Gasteiger partial charge on any atom is 0.225 e. The van der Waals surface area contributed by atoms with E-state index in [2.05, 4.69) is 54.6 Å². The number of benzene rings is 2. The molecule has 1 aliphatic carbocycles. The Morgan fingerprint density at radius 3 is 2.41 bits per heavy atom. The van der Waals surface area contributed by atoms with E-state index in [4.69, 9.17) is 12.2 Å². The van der Waals surface area contributed by atoms with E-state index in [9.17, 15) is 5.11 Å². The summed E-state index contributed by atoms with van der Waals surface area (Å²) in [5, 5.41) is 24.3. The third kappa shape index (κ3) is 5.15. The summed E-state index contributed by atoms with van der Waals surface area (Å²) in [6.45, 7) is 4.95. The van der Waals surface area contributed by atoms with Gasteiger partial charge in [0.2, 0.25) is 11.0 Å². The molecule has 1 heterocycles. The fraction of sp³-hybridized carbons (Fsp3) is 0.444. The van der Waals surface area contributed by atoms with Crippen molar-refractivity contribution in [2.24, 2.45) is 10.2 Å². The minimum absolute atomic E-state index is 0.145. The molecule has 6 nitrogen and oxygen atoms in total. The molecule has 0 amide bonds. The number of para-hydroxylation sites is 2. The second-order valence-corrected chi connectivity index (χ2v) is 9.63. The lowest BCUT2D eigenvalue weighted by Crippen LogP contribution is -3.12. The Bertz CT molecular complexity index is 1160. The van der Waals surface area contributed by atoms with Gasteiger partial charge in [0.05, 0.1) is 18.6 Å². The molecule has 0 saturated heterocycles. The molecule has 1 unspecified atom stereocenters. The molecule has 3 N–H and O–H groups in total. The molecule has 1 fully saturated rings. The SMILES string of the molecule is CCc1cccc(CC)c1NC(=S)N=Nc1c(O)n(C[NH+](C)C2CCCCC2)c2ccccc12. The van der Waals surface area contributed by atoms with Crippen LogP contribution in [0.4, 0.5) is 11.4 Å². The quantitative estimate of drug-likeness (QED) is 0.299. The van der Waals surface area contributed by atoms with E-state index >= 15 is 0 Å². The number of rotatable bonds is 7. The molecule has 1 atom stereocenters. The summed E-state index contributed by atoms with van der Waals surface area (Å²) >= 11 is 5.51. The average Bonchev–Trinajstić information content (AvgIpc) is 3.13. The van der Waals surface area contributed by atoms with E-state index in [0.717, 1.165) is 29.4 Å². The lowest BCUT2D eigenvalue weighted by atomic mass is 9.95. The third-order valence-electron chi connectivity index (χ3n) is 7.10. The van der Waals surface area contributed by atoms with Crippen molar-refractivity contribution in [2.75, 3.05) is 12.4 Å². The Morgan fingerprint density at radius 1 is 1.06 bits per heavy atom. The van der Waals surface area contributed by atoms with Crippen LogP contribution in [0, 0.1) is 0 Å². The number of azo groups is 1. The number of aromatic hydroxyl groups is 1. The number of nitrogens with one attached hydrogen (secondary N) is 2. The molecule has 34 heavy (non-hydrogen) atoms. The first-order valence-electron chi connectivity index (χ1n) is 12.5. The van der Waals surface area contributed by atoms with Gasteiger partial charge in [0, 0.05) is 11.1 Å². The number of anilines is 1. The molecule has 3 aromatic rings. The number of quaternary nitrogens is 1. The zero-order chi connectivity index (χ0) is 24.1. The molecule has 4 rings (SSSR count). The van der Waals surface area contributed by atoms with Crippen molar-refractivity contribution in [3.05, 3.63) is 53.6 Å². The number of hydrogen-bond donors (Lipinski definition) is 3. The van der Waals surface area contributed by atoms with Crippen LogP contribution in [0.25, 0.3) is 10.9 Å². The Morgan fingerprint density at radius 2 is 1.74 bits per heavy atom. The molecule has 1 aromatic heterocycles. The maximum atomic E-state index is 11.2. The summed E-state index contributed by atoms with van der Waals surface area (Å²) in [7, 11) is 2.22. The number of thiocarbonyl (C=S) groups is 1. The molecular formula is C27H36N5OS+. The predicted octanol–water partition coefficient (Wildman–Crippen LogP) is 5.76. The minimum Gasteiger partial charge on any atom is -0.493 e. The first-order chi connectivity index (χ1) is 16.5. The van der Waals surface area contributed by atoms with Gasteiger partial charge in [-0.25, -0.2) is 0 Å². The Labute approximate surface area is 207 Å². The molecule has 1 aliphatic rings. The Kier molecular flexibility index (Phi) is 7.95. The summed E-state index contributed by atoms with van der Waals surface area (Å²) in [4.78, 5) is 1.42. The van der Waals surface area contributed by atoms with Gasteiger partial charge in [-0.3, -0.25) is 4.57 Å². The van der Waals surface area contributed by atoms with Crippen molar-refractivity contribution in [3.63, 3.8) is 0 Å². The lowest BCUT2D eigenvalue weighted by Gasteiger charge is -2.28. The van der Waals surface area contributed by atoms with Crippen LogP contribution in [-0.2, 0) is 19.5 Å². The summed E-state index contributed by atoms with van der Waals surface area (Å²) in [6, 6.07) is 14.9. The van der Waals surface area contributed by atoms with Crippen LogP contribution >= 0.6 is 12.2 Å². The topological polar surface area (TPSA) is 66.4 Å². The van der Waals surface area contributed by atoms with Gasteiger partial charge >= 0.3 is 0 Å². The van der Waals surface area contributed by atoms with E-state index in [1.807, 2.05) is 28.8 Å². The van der Waals surface area contributed by atoms with Crippen molar-refractivity contribution in [3.8, 4) is 5.88 Å². The zero-order valence-electron chi connectivity index (χ0n) is 20.5. The molecule has 1 saturated carbocycles. The highest BCUT2D eigenvalue weighted by Crippen LogP contribution is 2.38. The summed E-state index contributed by atoms with van der Waals surface area (Å²) < 4.78 is 1.96. The maximum absolute atomic E-state index is 11.2. The molecule has 0 bridgehead atoms. The Balaban J connectivity index is 1.59. The number of hydrogen-bond acceptors (Lipinski definition) is 3. The van der Waals surface area contributed by atoms with E-state index in [1.165, 1.54) is 48.1 Å². The van der Waals surface area contributed by atoms with Crippen LogP contribution < -0.4 is 10.2 Å². The molecule has 0 radical (unpaired) electrons. The van der Waals surface area contributed by atoms with Crippen LogP contribution in [0.15, 0.2) is 52.7 Å². The van der Waals surface area contributed by atoms with Crippen LogP contribution in [0.5, 0.6) is 5.88 Å². The number of fused-ring (bicyclic) bond motifs is 1. The highest BCUT2D eigenvalue weighted by Gasteiger charge is 2.24. The van der Waals surface area contributed by atoms with Gasteiger partial charge in [0.25, 0.3) is 0 Å². The van der Waals surface area contributed by atoms with Crippen molar-refractivity contribution in [2.45, 2.75) is 71.5 Å². The molecule has 7 heteroatoms. The van der Waals surface area contributed by atoms with Gasteiger partial charge in [0.1, 0.15) is 0 Å². The van der Waals surface area contributed by atoms with Crippen molar-refractivity contribution in [1.29, 1.82) is 0 Å². The third-order valence-corrected chi connectivity index (χ3v) is 7.28. The van der Waals surface area contributed by atoms with Gasteiger partial charge in [-0.15, -0.1) is 10.2 Å². The van der Waals surface area contributed by atoms with Gasteiger partial charge in [-0.05, 0) is 67.9 Å². The van der Waals surface area contributed by atoms with Crippen molar-refractivity contribution in [1.82, 2.24) is 4.57 Å². The number of aromatic nitrogens is 1. The first-order valence-corrected chi connectivity index (χ1v) is 12.9. The molecule has 0 aliphatic heterocycles. The largest absolute Gasteiger partial charge is 0.493 e. The first kappa shape index (κ1) is 24.4. The normalized spacial score (nSPS) is 15.7. The smallest absolute Gasteiger partial charge is 0.225 e. The summed E-state index contributed by atoms with van der Waals surface area (Å²) in [5.41, 5.74) is 4.85. The lowest BCUT2D eigenvalue weighted by molar-refractivity contribution is -0.929. The minimum atomic E-state index is 0.145. The monoisotopic (exact) mass is 478 g/mol. The van der Waals surface area contributed by atoms with Crippen molar-refractivity contribution >= 4 is 39.6 Å². The van der Waals surface area contributed by atoms with E-state index in [-0.39, 0.29) is 11.0 Å². The molecule has 0 spiro atoms. The predicted molar refractivity (Wildman–Crippen MR) is 143 cm³/mol. The molecule has 2 aromatic carbocycles. The highest BCUT2D eigenvalue weighted by atomic mass is 32.1. The second-order valence-electron chi connectivity index (χ2n) is 9.25. The molecule has 180 valence electrons. The number of aryl methyl sites for hydroxylation is 2. The van der Waals surface area contributed by atoms with Crippen molar-refractivity contribution < 1.29 is 10.0 Å². The van der Waals surface area contributed by atoms with E-state index in [1.54, 1.807) is 0 Å². The van der Waals surface area contributed by atoms with Crippen LogP contribution in [0.2, 0.25) is 0 Å². The van der Waals surface area contributed by atoms with Crippen LogP contribution in [-0.4, -0.2) is 27.9 Å². The van der Waals surface area contributed by atoms with Gasteiger partial charge in [-0.1, -0.05) is 56.7 Å². The van der Waals surface area contributed by atoms with E-state index < -0.39 is 0 Å². The van der Waals surface area contributed by atoms with Gasteiger partial charge in [0.15, 0.2) is 12.4 Å².